The fourth-order valence-electron chi connectivity index (χ4n) is 1.53. The zero-order valence-electron chi connectivity index (χ0n) is 7.36. The van der Waals surface area contributed by atoms with Crippen LogP contribution in [0.1, 0.15) is 22.7 Å². The molecule has 0 spiro atoms. The Kier molecular flexibility index (Phi) is 2.31. The first-order chi connectivity index (χ1) is 6.31. The van der Waals surface area contributed by atoms with E-state index in [9.17, 15) is 0 Å². The van der Waals surface area contributed by atoms with Gasteiger partial charge >= 0.3 is 0 Å². The fourth-order valence-corrected chi connectivity index (χ4v) is 1.53. The molecule has 1 unspecified atom stereocenters. The predicted octanol–water partition coefficient (Wildman–Crippen LogP) is 0.709. The number of nitrogens with two attached hydrogens (primary N) is 1. The number of fused-ring (bicyclic) bond motifs is 1. The monoisotopic (exact) mass is 179 g/mol. The van der Waals surface area contributed by atoms with E-state index in [0.29, 0.717) is 13.2 Å². The van der Waals surface area contributed by atoms with Crippen LogP contribution >= 0.6 is 0 Å². The first-order valence-corrected chi connectivity index (χ1v) is 4.37. The van der Waals surface area contributed by atoms with E-state index >= 15 is 0 Å². The minimum absolute atomic E-state index is 0.0142. The van der Waals surface area contributed by atoms with E-state index in [0.717, 1.165) is 5.56 Å². The first kappa shape index (κ1) is 8.69. The summed E-state index contributed by atoms with van der Waals surface area (Å²) < 4.78 is 5.28. The second kappa shape index (κ2) is 3.46. The van der Waals surface area contributed by atoms with Gasteiger partial charge in [0.25, 0.3) is 0 Å². The number of hydrogen-bond acceptors (Lipinski definition) is 3. The fraction of sp³-hybridized carbons (Fsp3) is 0.400. The largest absolute Gasteiger partial charge is 0.394 e. The van der Waals surface area contributed by atoms with Crippen LogP contribution in [0.2, 0.25) is 0 Å². The lowest BCUT2D eigenvalue weighted by atomic mass is 10.0. The van der Waals surface area contributed by atoms with Gasteiger partial charge in [0, 0.05) is 0 Å². The molecule has 0 amide bonds. The van der Waals surface area contributed by atoms with Gasteiger partial charge in [-0.3, -0.25) is 0 Å². The standard InChI is InChI=1S/C10H13NO2/c11-10(4-12)7-1-2-8-5-13-6-9(8)3-7/h1-3,10,12H,4-6,11H2. The van der Waals surface area contributed by atoms with E-state index in [1.165, 1.54) is 11.1 Å². The van der Waals surface area contributed by atoms with Crippen molar-refractivity contribution in [3.63, 3.8) is 0 Å². The van der Waals surface area contributed by atoms with Gasteiger partial charge < -0.3 is 15.6 Å². The highest BCUT2D eigenvalue weighted by molar-refractivity contribution is 5.34. The molecule has 3 heteroatoms. The second-order valence-electron chi connectivity index (χ2n) is 3.31. The Bertz CT molecular complexity index is 312. The Morgan fingerprint density at radius 1 is 1.38 bits per heavy atom. The van der Waals surface area contributed by atoms with Gasteiger partial charge in [-0.15, -0.1) is 0 Å². The predicted molar refractivity (Wildman–Crippen MR) is 48.9 cm³/mol. The first-order valence-electron chi connectivity index (χ1n) is 4.37. The molecule has 1 heterocycles. The van der Waals surface area contributed by atoms with E-state index in [4.69, 9.17) is 15.6 Å². The number of hydrogen-bond donors (Lipinski definition) is 2. The average molecular weight is 179 g/mol. The third-order valence-electron chi connectivity index (χ3n) is 2.37. The van der Waals surface area contributed by atoms with E-state index in [-0.39, 0.29) is 12.6 Å². The zero-order chi connectivity index (χ0) is 9.26. The van der Waals surface area contributed by atoms with E-state index in [1.54, 1.807) is 0 Å². The second-order valence-corrected chi connectivity index (χ2v) is 3.31. The summed E-state index contributed by atoms with van der Waals surface area (Å²) in [5.41, 5.74) is 9.10. The average Bonchev–Trinajstić information content (AvgIpc) is 2.63. The number of rotatable bonds is 2. The molecule has 0 saturated carbocycles. The molecule has 1 atom stereocenters. The van der Waals surface area contributed by atoms with Crippen molar-refractivity contribution >= 4 is 0 Å². The lowest BCUT2D eigenvalue weighted by molar-refractivity contribution is 0.134. The molecular formula is C10H13NO2. The molecule has 1 aromatic carbocycles. The molecule has 13 heavy (non-hydrogen) atoms. The van der Waals surface area contributed by atoms with E-state index in [2.05, 4.69) is 0 Å². The van der Waals surface area contributed by atoms with Gasteiger partial charge in [0.2, 0.25) is 0 Å². The topological polar surface area (TPSA) is 55.5 Å². The molecule has 0 bridgehead atoms. The van der Waals surface area contributed by atoms with Gasteiger partial charge in [-0.1, -0.05) is 18.2 Å². The summed E-state index contributed by atoms with van der Waals surface area (Å²) in [6, 6.07) is 5.72. The summed E-state index contributed by atoms with van der Waals surface area (Å²) in [6.45, 7) is 1.35. The highest BCUT2D eigenvalue weighted by atomic mass is 16.5. The lowest BCUT2D eigenvalue weighted by Gasteiger charge is -2.09. The Morgan fingerprint density at radius 3 is 2.92 bits per heavy atom. The molecule has 0 radical (unpaired) electrons. The van der Waals surface area contributed by atoms with Crippen molar-refractivity contribution in [3.05, 3.63) is 34.9 Å². The van der Waals surface area contributed by atoms with Gasteiger partial charge in [0.1, 0.15) is 0 Å². The number of aliphatic hydroxyl groups excluding tert-OH is 1. The number of aliphatic hydroxyl groups is 1. The molecule has 0 aromatic heterocycles. The molecule has 1 aliphatic heterocycles. The summed E-state index contributed by atoms with van der Waals surface area (Å²) in [4.78, 5) is 0. The van der Waals surface area contributed by atoms with Crippen molar-refractivity contribution in [2.24, 2.45) is 5.73 Å². The summed E-state index contributed by atoms with van der Waals surface area (Å²) in [5, 5.41) is 8.88. The van der Waals surface area contributed by atoms with Gasteiger partial charge in [-0.05, 0) is 16.7 Å². The van der Waals surface area contributed by atoms with E-state index < -0.39 is 0 Å². The maximum absolute atomic E-state index is 8.88. The Balaban J connectivity index is 2.30. The van der Waals surface area contributed by atoms with Gasteiger partial charge in [0.05, 0.1) is 25.9 Å². The molecule has 2 rings (SSSR count). The van der Waals surface area contributed by atoms with E-state index in [1.807, 2.05) is 18.2 Å². The minimum Gasteiger partial charge on any atom is -0.394 e. The van der Waals surface area contributed by atoms with Crippen molar-refractivity contribution < 1.29 is 9.84 Å². The zero-order valence-corrected chi connectivity index (χ0v) is 7.36. The van der Waals surface area contributed by atoms with Gasteiger partial charge in [-0.25, -0.2) is 0 Å². The molecule has 1 aliphatic rings. The smallest absolute Gasteiger partial charge is 0.0725 e. The summed E-state index contributed by atoms with van der Waals surface area (Å²) in [5.74, 6) is 0. The highest BCUT2D eigenvalue weighted by Gasteiger charge is 2.13. The van der Waals surface area contributed by atoms with Crippen LogP contribution in [0.25, 0.3) is 0 Å². The maximum atomic E-state index is 8.88. The van der Waals surface area contributed by atoms with Crippen molar-refractivity contribution in [1.29, 1.82) is 0 Å². The van der Waals surface area contributed by atoms with Crippen LogP contribution in [0.4, 0.5) is 0 Å². The Labute approximate surface area is 77.1 Å². The van der Waals surface area contributed by atoms with Crippen molar-refractivity contribution in [3.8, 4) is 0 Å². The number of benzene rings is 1. The highest BCUT2D eigenvalue weighted by Crippen LogP contribution is 2.22. The minimum atomic E-state index is -0.272. The number of ether oxygens (including phenoxy) is 1. The van der Waals surface area contributed by atoms with Gasteiger partial charge in [-0.2, -0.15) is 0 Å². The molecule has 3 nitrogen and oxygen atoms in total. The summed E-state index contributed by atoms with van der Waals surface area (Å²) in [7, 11) is 0. The van der Waals surface area contributed by atoms with Crippen LogP contribution in [0, 0.1) is 0 Å². The Morgan fingerprint density at radius 2 is 2.15 bits per heavy atom. The lowest BCUT2D eigenvalue weighted by Crippen LogP contribution is -2.14. The molecule has 0 aliphatic carbocycles. The molecule has 3 N–H and O–H groups in total. The van der Waals surface area contributed by atoms with Crippen LogP contribution < -0.4 is 5.73 Å². The third-order valence-corrected chi connectivity index (χ3v) is 2.37. The molecule has 0 fully saturated rings. The van der Waals surface area contributed by atoms with Crippen molar-refractivity contribution in [2.75, 3.05) is 6.61 Å². The summed E-state index contributed by atoms with van der Waals surface area (Å²) in [6.07, 6.45) is 0. The van der Waals surface area contributed by atoms with Crippen LogP contribution in [0.3, 0.4) is 0 Å². The van der Waals surface area contributed by atoms with Gasteiger partial charge in [0.15, 0.2) is 0 Å². The van der Waals surface area contributed by atoms with Crippen molar-refractivity contribution in [2.45, 2.75) is 19.3 Å². The molecular weight excluding hydrogens is 166 g/mol. The SMILES string of the molecule is NC(CO)c1ccc2c(c1)COC2. The molecule has 70 valence electrons. The van der Waals surface area contributed by atoms with Crippen LogP contribution in [0.15, 0.2) is 18.2 Å². The summed E-state index contributed by atoms with van der Waals surface area (Å²) >= 11 is 0. The van der Waals surface area contributed by atoms with Crippen LogP contribution in [-0.2, 0) is 18.0 Å². The Hall–Kier alpha value is -0.900. The normalized spacial score (nSPS) is 17.1. The maximum Gasteiger partial charge on any atom is 0.0725 e. The molecule has 1 aromatic rings. The third kappa shape index (κ3) is 1.58. The quantitative estimate of drug-likeness (QED) is 0.703. The van der Waals surface area contributed by atoms with Crippen LogP contribution in [0.5, 0.6) is 0 Å². The molecule has 0 saturated heterocycles. The van der Waals surface area contributed by atoms with Crippen LogP contribution in [-0.4, -0.2) is 11.7 Å². The van der Waals surface area contributed by atoms with Crippen molar-refractivity contribution in [1.82, 2.24) is 0 Å².